The molecule has 1 rings (SSSR count). The van der Waals surface area contributed by atoms with Crippen LogP contribution in [0.4, 0.5) is 0 Å². The highest BCUT2D eigenvalue weighted by atomic mass is 79.9. The fraction of sp³-hybridized carbons (Fsp3) is 0.538. The van der Waals surface area contributed by atoms with E-state index in [0.717, 1.165) is 19.3 Å². The molecule has 0 saturated carbocycles. The van der Waals surface area contributed by atoms with Gasteiger partial charge in [-0.05, 0) is 59.0 Å². The molecular formula is C13H19BrClNO2S2. The minimum atomic E-state index is -3.44. The maximum absolute atomic E-state index is 12.1. The maximum Gasteiger partial charge on any atom is 0.240 e. The Morgan fingerprint density at radius 3 is 2.60 bits per heavy atom. The summed E-state index contributed by atoms with van der Waals surface area (Å²) in [6, 6.07) is 4.60. The molecule has 0 unspecified atom stereocenters. The highest BCUT2D eigenvalue weighted by Gasteiger charge is 2.14. The number of hydrogen-bond acceptors (Lipinski definition) is 3. The zero-order valence-corrected chi connectivity index (χ0v) is 15.3. The number of unbranched alkanes of at least 4 members (excludes halogenated alkanes) is 3. The summed E-state index contributed by atoms with van der Waals surface area (Å²) >= 11 is 10.9. The van der Waals surface area contributed by atoms with Gasteiger partial charge in [0.2, 0.25) is 10.0 Å². The van der Waals surface area contributed by atoms with E-state index in [2.05, 4.69) is 26.9 Å². The smallest absolute Gasteiger partial charge is 0.211 e. The summed E-state index contributed by atoms with van der Waals surface area (Å²) in [7, 11) is -3.44. The topological polar surface area (TPSA) is 46.2 Å². The first-order valence-corrected chi connectivity index (χ1v) is 10.5. The Morgan fingerprint density at radius 2 is 1.95 bits per heavy atom. The van der Waals surface area contributed by atoms with E-state index >= 15 is 0 Å². The van der Waals surface area contributed by atoms with E-state index in [4.69, 9.17) is 11.6 Å². The Hall–Kier alpha value is 0.250. The Bertz CT molecular complexity index is 523. The predicted molar refractivity (Wildman–Crippen MR) is 91.2 cm³/mol. The van der Waals surface area contributed by atoms with Gasteiger partial charge in [-0.2, -0.15) is 11.8 Å². The lowest BCUT2D eigenvalue weighted by atomic mass is 10.2. The van der Waals surface area contributed by atoms with Gasteiger partial charge in [-0.3, -0.25) is 0 Å². The molecule has 0 spiro atoms. The normalized spacial score (nSPS) is 11.8. The second-order valence-corrected chi connectivity index (χ2v) is 8.39. The molecule has 1 N–H and O–H groups in total. The van der Waals surface area contributed by atoms with E-state index in [0.29, 0.717) is 16.0 Å². The number of rotatable bonds is 9. The van der Waals surface area contributed by atoms with E-state index in [9.17, 15) is 8.42 Å². The first-order chi connectivity index (χ1) is 9.47. The predicted octanol–water partition coefficient (Wildman–Crippen LogP) is 4.30. The molecule has 0 fully saturated rings. The van der Waals surface area contributed by atoms with Crippen LogP contribution in [-0.2, 0) is 10.0 Å². The molecule has 1 aromatic rings. The van der Waals surface area contributed by atoms with Crippen molar-refractivity contribution in [1.82, 2.24) is 4.72 Å². The van der Waals surface area contributed by atoms with Crippen LogP contribution in [0, 0.1) is 0 Å². The lowest BCUT2D eigenvalue weighted by Gasteiger charge is -2.07. The number of nitrogens with one attached hydrogen (secondary N) is 1. The van der Waals surface area contributed by atoms with Crippen molar-refractivity contribution in [1.29, 1.82) is 0 Å². The van der Waals surface area contributed by atoms with Crippen LogP contribution in [0.2, 0.25) is 5.02 Å². The van der Waals surface area contributed by atoms with Gasteiger partial charge in [0, 0.05) is 11.0 Å². The molecule has 20 heavy (non-hydrogen) atoms. The van der Waals surface area contributed by atoms with Gasteiger partial charge in [-0.25, -0.2) is 13.1 Å². The summed E-state index contributed by atoms with van der Waals surface area (Å²) in [6.07, 6.45) is 6.35. The molecule has 0 bridgehead atoms. The molecule has 1 aromatic carbocycles. The fourth-order valence-corrected chi connectivity index (χ4v) is 3.90. The van der Waals surface area contributed by atoms with Crippen LogP contribution in [0.25, 0.3) is 0 Å². The van der Waals surface area contributed by atoms with Crippen molar-refractivity contribution in [3.05, 3.63) is 27.7 Å². The molecule has 0 aliphatic heterocycles. The van der Waals surface area contributed by atoms with Gasteiger partial charge in [-0.1, -0.05) is 24.4 Å². The van der Waals surface area contributed by atoms with Crippen molar-refractivity contribution in [3.63, 3.8) is 0 Å². The zero-order chi connectivity index (χ0) is 15.0. The van der Waals surface area contributed by atoms with Gasteiger partial charge in [0.25, 0.3) is 0 Å². The second-order valence-electron chi connectivity index (χ2n) is 4.38. The number of sulfonamides is 1. The molecule has 7 heteroatoms. The molecule has 3 nitrogen and oxygen atoms in total. The van der Waals surface area contributed by atoms with Gasteiger partial charge in [0.05, 0.1) is 9.92 Å². The van der Waals surface area contributed by atoms with E-state index in [1.165, 1.54) is 24.3 Å². The molecule has 0 radical (unpaired) electrons. The highest BCUT2D eigenvalue weighted by molar-refractivity contribution is 9.10. The summed E-state index contributed by atoms with van der Waals surface area (Å²) in [5.41, 5.74) is 0. The summed E-state index contributed by atoms with van der Waals surface area (Å²) in [6.45, 7) is 0.474. The maximum atomic E-state index is 12.1. The molecule has 0 atom stereocenters. The van der Waals surface area contributed by atoms with Gasteiger partial charge in [0.1, 0.15) is 0 Å². The quantitative estimate of drug-likeness (QED) is 0.628. The van der Waals surface area contributed by atoms with Gasteiger partial charge < -0.3 is 0 Å². The molecule has 0 amide bonds. The minimum Gasteiger partial charge on any atom is -0.211 e. The van der Waals surface area contributed by atoms with E-state index < -0.39 is 10.0 Å². The SMILES string of the molecule is CSCCCCCCNS(=O)(=O)c1ccc(Cl)c(Br)c1. The molecule has 0 heterocycles. The van der Waals surface area contributed by atoms with E-state index in [1.54, 1.807) is 6.07 Å². The summed E-state index contributed by atoms with van der Waals surface area (Å²) < 4.78 is 27.3. The van der Waals surface area contributed by atoms with Gasteiger partial charge in [0.15, 0.2) is 0 Å². The lowest BCUT2D eigenvalue weighted by molar-refractivity contribution is 0.574. The number of halogens is 2. The van der Waals surface area contributed by atoms with Crippen molar-refractivity contribution < 1.29 is 8.42 Å². The van der Waals surface area contributed by atoms with Crippen LogP contribution in [-0.4, -0.2) is 27.0 Å². The highest BCUT2D eigenvalue weighted by Crippen LogP contribution is 2.25. The van der Waals surface area contributed by atoms with E-state index in [1.807, 2.05) is 11.8 Å². The molecule has 0 aliphatic rings. The Labute approximate surface area is 139 Å². The van der Waals surface area contributed by atoms with Gasteiger partial charge in [-0.15, -0.1) is 0 Å². The van der Waals surface area contributed by atoms with Crippen LogP contribution < -0.4 is 4.72 Å². The molecule has 0 saturated heterocycles. The fourth-order valence-electron chi connectivity index (χ4n) is 1.66. The Kier molecular flexibility index (Phi) is 8.51. The first-order valence-electron chi connectivity index (χ1n) is 6.41. The molecule has 114 valence electrons. The summed E-state index contributed by atoms with van der Waals surface area (Å²) in [5.74, 6) is 1.17. The largest absolute Gasteiger partial charge is 0.240 e. The second kappa shape index (κ2) is 9.30. The minimum absolute atomic E-state index is 0.233. The standard InChI is InChI=1S/C13H19BrClNO2S2/c1-19-9-5-3-2-4-8-16-20(17,18)11-6-7-13(15)12(14)10-11/h6-7,10,16H,2-5,8-9H2,1H3. The molecule has 0 aliphatic carbocycles. The van der Waals surface area contributed by atoms with Crippen molar-refractivity contribution in [3.8, 4) is 0 Å². The molecular weight excluding hydrogens is 382 g/mol. The zero-order valence-electron chi connectivity index (χ0n) is 11.4. The van der Waals surface area contributed by atoms with Crippen LogP contribution in [0.15, 0.2) is 27.6 Å². The monoisotopic (exact) mass is 399 g/mol. The first kappa shape index (κ1) is 18.3. The van der Waals surface area contributed by atoms with E-state index in [-0.39, 0.29) is 4.90 Å². The average Bonchev–Trinajstić information content (AvgIpc) is 2.40. The van der Waals surface area contributed by atoms with Crippen LogP contribution in [0.5, 0.6) is 0 Å². The number of hydrogen-bond donors (Lipinski definition) is 1. The third-order valence-corrected chi connectivity index (χ3v) is 6.14. The number of thioether (sulfide) groups is 1. The summed E-state index contributed by atoms with van der Waals surface area (Å²) in [4.78, 5) is 0.233. The van der Waals surface area contributed by atoms with Gasteiger partial charge >= 0.3 is 0 Å². The van der Waals surface area contributed by atoms with Crippen LogP contribution in [0.1, 0.15) is 25.7 Å². The van der Waals surface area contributed by atoms with Crippen molar-refractivity contribution >= 4 is 49.3 Å². The lowest BCUT2D eigenvalue weighted by Crippen LogP contribution is -2.24. The van der Waals surface area contributed by atoms with Crippen molar-refractivity contribution in [2.45, 2.75) is 30.6 Å². The third kappa shape index (κ3) is 6.35. The molecule has 0 aromatic heterocycles. The average molecular weight is 401 g/mol. The Balaban J connectivity index is 2.40. The summed E-state index contributed by atoms with van der Waals surface area (Å²) in [5, 5.41) is 0.498. The third-order valence-electron chi connectivity index (χ3n) is 2.77. The van der Waals surface area contributed by atoms with Crippen LogP contribution in [0.3, 0.4) is 0 Å². The van der Waals surface area contributed by atoms with Crippen molar-refractivity contribution in [2.75, 3.05) is 18.6 Å². The van der Waals surface area contributed by atoms with Crippen LogP contribution >= 0.6 is 39.3 Å². The number of benzene rings is 1. The Morgan fingerprint density at radius 1 is 1.25 bits per heavy atom. The van der Waals surface area contributed by atoms with Crippen molar-refractivity contribution in [2.24, 2.45) is 0 Å².